The molecule has 0 saturated carbocycles. The fourth-order valence-corrected chi connectivity index (χ4v) is 5.14. The molecule has 1 aliphatic rings. The maximum Gasteiger partial charge on any atom is 0.312 e. The Bertz CT molecular complexity index is 1100. The minimum atomic E-state index is -0.209. The number of esters is 1. The summed E-state index contributed by atoms with van der Waals surface area (Å²) in [7, 11) is 4.03. The molecule has 4 rings (SSSR count). The summed E-state index contributed by atoms with van der Waals surface area (Å²) in [4.78, 5) is 24.8. The number of carbonyl (C=O) groups excluding carboxylic acids is 1. The summed E-state index contributed by atoms with van der Waals surface area (Å²) >= 11 is 1.60. The van der Waals surface area contributed by atoms with Crippen molar-refractivity contribution in [2.24, 2.45) is 0 Å². The molecule has 0 unspecified atom stereocenters. The highest BCUT2D eigenvalue weighted by Crippen LogP contribution is 2.43. The van der Waals surface area contributed by atoms with Crippen molar-refractivity contribution in [1.29, 1.82) is 0 Å². The molecule has 0 amide bonds. The van der Waals surface area contributed by atoms with E-state index in [0.29, 0.717) is 6.61 Å². The van der Waals surface area contributed by atoms with E-state index in [9.17, 15) is 4.79 Å². The van der Waals surface area contributed by atoms with Crippen LogP contribution in [0.3, 0.4) is 0 Å². The largest absolute Gasteiger partial charge is 0.465 e. The van der Waals surface area contributed by atoms with Gasteiger partial charge in [0.15, 0.2) is 0 Å². The number of hydrogen-bond acceptors (Lipinski definition) is 7. The van der Waals surface area contributed by atoms with Crippen LogP contribution in [-0.2, 0) is 28.8 Å². The van der Waals surface area contributed by atoms with E-state index in [-0.39, 0.29) is 18.4 Å². The predicted molar refractivity (Wildman–Crippen MR) is 127 cm³/mol. The fourth-order valence-electron chi connectivity index (χ4n) is 3.98. The Labute approximate surface area is 193 Å². The first-order valence-corrected chi connectivity index (χ1v) is 12.0. The molecule has 0 spiro atoms. The van der Waals surface area contributed by atoms with Gasteiger partial charge in [-0.2, -0.15) is 5.10 Å². The van der Waals surface area contributed by atoms with E-state index in [1.54, 1.807) is 11.3 Å². The van der Waals surface area contributed by atoms with Gasteiger partial charge >= 0.3 is 5.97 Å². The Morgan fingerprint density at radius 3 is 2.78 bits per heavy atom. The van der Waals surface area contributed by atoms with Crippen molar-refractivity contribution in [1.82, 2.24) is 24.6 Å². The number of aryl methyl sites for hydroxylation is 2. The lowest BCUT2D eigenvalue weighted by Crippen LogP contribution is -2.16. The molecule has 3 aromatic rings. The number of fused-ring (bicyclic) bond motifs is 3. The first kappa shape index (κ1) is 22.6. The van der Waals surface area contributed by atoms with Gasteiger partial charge in [-0.25, -0.2) is 4.98 Å². The molecule has 0 fully saturated rings. The van der Waals surface area contributed by atoms with Crippen molar-refractivity contribution in [3.8, 4) is 21.8 Å². The number of rotatable bonds is 8. The lowest BCUT2D eigenvalue weighted by molar-refractivity contribution is -0.143. The van der Waals surface area contributed by atoms with Crippen LogP contribution in [0.1, 0.15) is 48.3 Å². The molecule has 170 valence electrons. The lowest BCUT2D eigenvalue weighted by Gasteiger charge is -2.16. The van der Waals surface area contributed by atoms with Gasteiger partial charge in [0, 0.05) is 35.6 Å². The predicted octanol–water partition coefficient (Wildman–Crippen LogP) is 4.09. The van der Waals surface area contributed by atoms with Gasteiger partial charge in [0.25, 0.3) is 0 Å². The van der Waals surface area contributed by atoms with Gasteiger partial charge in [-0.15, -0.1) is 11.3 Å². The van der Waals surface area contributed by atoms with E-state index in [2.05, 4.69) is 34.5 Å². The van der Waals surface area contributed by atoms with Crippen LogP contribution in [0.4, 0.5) is 0 Å². The van der Waals surface area contributed by atoms with E-state index in [0.717, 1.165) is 64.0 Å². The second-order valence-corrected chi connectivity index (χ2v) is 9.92. The van der Waals surface area contributed by atoms with Gasteiger partial charge < -0.3 is 9.64 Å². The molecule has 0 aromatic carbocycles. The molecule has 1 aliphatic carbocycles. The summed E-state index contributed by atoms with van der Waals surface area (Å²) < 4.78 is 7.51. The molecule has 0 aliphatic heterocycles. The number of carbonyl (C=O) groups is 1. The van der Waals surface area contributed by atoms with Crippen LogP contribution in [0.2, 0.25) is 0 Å². The van der Waals surface area contributed by atoms with Crippen molar-refractivity contribution in [2.45, 2.75) is 52.5 Å². The average molecular weight is 454 g/mol. The second-order valence-electron chi connectivity index (χ2n) is 8.84. The Kier molecular flexibility index (Phi) is 6.71. The smallest absolute Gasteiger partial charge is 0.312 e. The fraction of sp³-hybridized carbons (Fsp3) is 0.500. The molecule has 32 heavy (non-hydrogen) atoms. The first-order chi connectivity index (χ1) is 15.3. The number of aromatic nitrogens is 4. The molecule has 3 aromatic heterocycles. The average Bonchev–Trinajstić information content (AvgIpc) is 3.32. The van der Waals surface area contributed by atoms with Gasteiger partial charge in [-0.1, -0.05) is 0 Å². The van der Waals surface area contributed by atoms with Crippen LogP contribution in [0.15, 0.2) is 18.3 Å². The molecular formula is C24H31N5O2S. The van der Waals surface area contributed by atoms with Crippen LogP contribution in [0.5, 0.6) is 0 Å². The van der Waals surface area contributed by atoms with Crippen LogP contribution >= 0.6 is 11.3 Å². The summed E-state index contributed by atoms with van der Waals surface area (Å²) in [5.74, 6) is -0.209. The van der Waals surface area contributed by atoms with Crippen molar-refractivity contribution in [3.63, 3.8) is 0 Å². The van der Waals surface area contributed by atoms with Crippen molar-refractivity contribution < 1.29 is 9.53 Å². The summed E-state index contributed by atoms with van der Waals surface area (Å²) in [5.41, 5.74) is 6.49. The highest BCUT2D eigenvalue weighted by molar-refractivity contribution is 7.15. The third-order valence-corrected chi connectivity index (χ3v) is 6.66. The summed E-state index contributed by atoms with van der Waals surface area (Å²) in [6.45, 7) is 7.63. The SMILES string of the molecule is Cc1ccc(-c2nn(C(C)C)c3c2CCc2nc(CC(=O)OCCCN(C)C)sc2-3)cn1. The molecular weight excluding hydrogens is 422 g/mol. The third kappa shape index (κ3) is 4.76. The maximum absolute atomic E-state index is 12.3. The molecule has 0 N–H and O–H groups in total. The van der Waals surface area contributed by atoms with E-state index in [4.69, 9.17) is 14.8 Å². The van der Waals surface area contributed by atoms with Gasteiger partial charge in [0.05, 0.1) is 35.0 Å². The Hall–Kier alpha value is -2.58. The first-order valence-electron chi connectivity index (χ1n) is 11.2. The molecule has 0 radical (unpaired) electrons. The standard InChI is InChI=1S/C24H31N5O2S/c1-15(2)29-23-18(22(27-29)17-8-7-16(3)25-14-17)9-10-19-24(23)32-20(26-19)13-21(30)31-12-6-11-28(4)5/h7-8,14-15H,6,9-13H2,1-5H3. The Balaban J connectivity index is 1.59. The van der Waals surface area contributed by atoms with Crippen molar-refractivity contribution in [2.75, 3.05) is 27.2 Å². The zero-order valence-electron chi connectivity index (χ0n) is 19.5. The monoisotopic (exact) mass is 453 g/mol. The van der Waals surface area contributed by atoms with Crippen LogP contribution in [0.25, 0.3) is 21.8 Å². The maximum atomic E-state index is 12.3. The quantitative estimate of drug-likeness (QED) is 0.378. The van der Waals surface area contributed by atoms with Crippen LogP contribution in [-0.4, -0.2) is 57.9 Å². The zero-order chi connectivity index (χ0) is 22.8. The number of hydrogen-bond donors (Lipinski definition) is 0. The van der Waals surface area contributed by atoms with Gasteiger partial charge in [0.1, 0.15) is 5.01 Å². The Morgan fingerprint density at radius 1 is 1.28 bits per heavy atom. The number of ether oxygens (including phenoxy) is 1. The normalized spacial score (nSPS) is 12.8. The number of thiazole rings is 1. The van der Waals surface area contributed by atoms with E-state index >= 15 is 0 Å². The molecule has 0 atom stereocenters. The molecule has 8 heteroatoms. The second kappa shape index (κ2) is 9.50. The van der Waals surface area contributed by atoms with Gasteiger partial charge in [-0.3, -0.25) is 14.5 Å². The molecule has 7 nitrogen and oxygen atoms in total. The molecule has 0 saturated heterocycles. The van der Waals surface area contributed by atoms with Crippen LogP contribution in [0, 0.1) is 6.92 Å². The Morgan fingerprint density at radius 2 is 2.09 bits per heavy atom. The highest BCUT2D eigenvalue weighted by Gasteiger charge is 2.30. The number of pyridine rings is 1. The third-order valence-electron chi connectivity index (χ3n) is 5.56. The minimum Gasteiger partial charge on any atom is -0.465 e. The summed E-state index contributed by atoms with van der Waals surface area (Å²) in [5, 5.41) is 5.80. The molecule has 3 heterocycles. The van der Waals surface area contributed by atoms with E-state index in [1.807, 2.05) is 33.3 Å². The van der Waals surface area contributed by atoms with Crippen molar-refractivity contribution >= 4 is 17.3 Å². The van der Waals surface area contributed by atoms with E-state index < -0.39 is 0 Å². The highest BCUT2D eigenvalue weighted by atomic mass is 32.1. The molecule has 0 bridgehead atoms. The lowest BCUT2D eigenvalue weighted by atomic mass is 9.95. The summed E-state index contributed by atoms with van der Waals surface area (Å²) in [6.07, 6.45) is 4.70. The van der Waals surface area contributed by atoms with E-state index in [1.165, 1.54) is 5.56 Å². The minimum absolute atomic E-state index is 0.209. The van der Waals surface area contributed by atoms with Gasteiger partial charge in [0.2, 0.25) is 0 Å². The van der Waals surface area contributed by atoms with Crippen molar-refractivity contribution in [3.05, 3.63) is 40.3 Å². The number of nitrogens with zero attached hydrogens (tertiary/aromatic N) is 5. The zero-order valence-corrected chi connectivity index (χ0v) is 20.3. The summed E-state index contributed by atoms with van der Waals surface area (Å²) in [6, 6.07) is 4.34. The van der Waals surface area contributed by atoms with Gasteiger partial charge in [-0.05, 0) is 66.3 Å². The van der Waals surface area contributed by atoms with Crippen LogP contribution < -0.4 is 0 Å². The topological polar surface area (TPSA) is 73.1 Å².